The SMILES string of the molecule is CCc1ccc2oc(-c3ccc(F)c(Cl)c3)nc2c1. The van der Waals surface area contributed by atoms with Gasteiger partial charge in [-0.15, -0.1) is 0 Å². The normalized spacial score (nSPS) is 11.1. The van der Waals surface area contributed by atoms with Gasteiger partial charge in [-0.3, -0.25) is 0 Å². The monoisotopic (exact) mass is 275 g/mol. The molecule has 0 N–H and O–H groups in total. The third kappa shape index (κ3) is 2.22. The van der Waals surface area contributed by atoms with E-state index in [0.29, 0.717) is 17.0 Å². The Bertz CT molecular complexity index is 751. The van der Waals surface area contributed by atoms with E-state index in [1.807, 2.05) is 18.2 Å². The highest BCUT2D eigenvalue weighted by Crippen LogP contribution is 2.27. The van der Waals surface area contributed by atoms with Gasteiger partial charge in [0.2, 0.25) is 5.89 Å². The van der Waals surface area contributed by atoms with Gasteiger partial charge >= 0.3 is 0 Å². The maximum absolute atomic E-state index is 13.1. The summed E-state index contributed by atoms with van der Waals surface area (Å²) < 4.78 is 18.8. The molecule has 2 nitrogen and oxygen atoms in total. The van der Waals surface area contributed by atoms with E-state index in [9.17, 15) is 4.39 Å². The first kappa shape index (κ1) is 12.2. The van der Waals surface area contributed by atoms with Crippen molar-refractivity contribution in [3.63, 3.8) is 0 Å². The molecule has 0 amide bonds. The third-order valence-electron chi connectivity index (χ3n) is 3.03. The minimum atomic E-state index is -0.449. The summed E-state index contributed by atoms with van der Waals surface area (Å²) in [4.78, 5) is 4.41. The summed E-state index contributed by atoms with van der Waals surface area (Å²) in [5, 5.41) is 0.0639. The van der Waals surface area contributed by atoms with Gasteiger partial charge in [-0.2, -0.15) is 0 Å². The zero-order valence-corrected chi connectivity index (χ0v) is 11.0. The highest BCUT2D eigenvalue weighted by atomic mass is 35.5. The van der Waals surface area contributed by atoms with Crippen molar-refractivity contribution in [2.24, 2.45) is 0 Å². The maximum atomic E-state index is 13.1. The summed E-state index contributed by atoms with van der Waals surface area (Å²) in [5.74, 6) is -0.0000462. The van der Waals surface area contributed by atoms with Crippen LogP contribution in [0.1, 0.15) is 12.5 Å². The standard InChI is InChI=1S/C15H11ClFNO/c1-2-9-3-6-14-13(7-9)18-15(19-14)10-4-5-12(17)11(16)8-10/h3-8H,2H2,1H3. The molecule has 3 rings (SSSR count). The Morgan fingerprint density at radius 3 is 2.79 bits per heavy atom. The van der Waals surface area contributed by atoms with E-state index in [2.05, 4.69) is 11.9 Å². The Morgan fingerprint density at radius 1 is 1.21 bits per heavy atom. The number of hydrogen-bond donors (Lipinski definition) is 0. The van der Waals surface area contributed by atoms with Crippen molar-refractivity contribution in [3.8, 4) is 11.5 Å². The Morgan fingerprint density at radius 2 is 2.05 bits per heavy atom. The Labute approximate surface area is 114 Å². The Balaban J connectivity index is 2.11. The predicted molar refractivity (Wildman–Crippen MR) is 73.8 cm³/mol. The van der Waals surface area contributed by atoms with Crippen LogP contribution in [0.2, 0.25) is 5.02 Å². The first-order chi connectivity index (χ1) is 9.17. The molecule has 4 heteroatoms. The molecule has 3 aromatic rings. The zero-order chi connectivity index (χ0) is 13.4. The van der Waals surface area contributed by atoms with Gasteiger partial charge in [0.1, 0.15) is 11.3 Å². The van der Waals surface area contributed by atoms with E-state index in [0.717, 1.165) is 11.9 Å². The highest BCUT2D eigenvalue weighted by molar-refractivity contribution is 6.31. The average molecular weight is 276 g/mol. The molecule has 0 unspecified atom stereocenters. The molecule has 1 heterocycles. The number of nitrogens with zero attached hydrogens (tertiary/aromatic N) is 1. The Kier molecular flexibility index (Phi) is 2.99. The molecule has 0 aliphatic heterocycles. The summed E-state index contributed by atoms with van der Waals surface area (Å²) in [6, 6.07) is 10.3. The second-order valence-electron chi connectivity index (χ2n) is 4.30. The van der Waals surface area contributed by atoms with Crippen LogP contribution in [0.3, 0.4) is 0 Å². The van der Waals surface area contributed by atoms with Crippen molar-refractivity contribution in [1.29, 1.82) is 0 Å². The summed E-state index contributed by atoms with van der Waals surface area (Å²) >= 11 is 5.77. The fraction of sp³-hybridized carbons (Fsp3) is 0.133. The molecule has 0 aliphatic carbocycles. The van der Waals surface area contributed by atoms with Crippen molar-refractivity contribution in [1.82, 2.24) is 4.98 Å². The lowest BCUT2D eigenvalue weighted by Crippen LogP contribution is -1.81. The minimum absolute atomic E-state index is 0.0639. The van der Waals surface area contributed by atoms with Gasteiger partial charge in [-0.25, -0.2) is 9.37 Å². The minimum Gasteiger partial charge on any atom is -0.436 e. The lowest BCUT2D eigenvalue weighted by molar-refractivity contribution is 0.616. The molecule has 2 aromatic carbocycles. The van der Waals surface area contributed by atoms with Crippen LogP contribution in [0.5, 0.6) is 0 Å². The van der Waals surface area contributed by atoms with Gasteiger partial charge < -0.3 is 4.42 Å². The first-order valence-corrected chi connectivity index (χ1v) is 6.40. The molecule has 0 spiro atoms. The topological polar surface area (TPSA) is 26.0 Å². The number of hydrogen-bond acceptors (Lipinski definition) is 2. The number of rotatable bonds is 2. The smallest absolute Gasteiger partial charge is 0.227 e. The second kappa shape index (κ2) is 4.67. The number of fused-ring (bicyclic) bond motifs is 1. The lowest BCUT2D eigenvalue weighted by atomic mass is 10.1. The fourth-order valence-electron chi connectivity index (χ4n) is 1.95. The zero-order valence-electron chi connectivity index (χ0n) is 10.3. The summed E-state index contributed by atoms with van der Waals surface area (Å²) in [7, 11) is 0. The maximum Gasteiger partial charge on any atom is 0.227 e. The van der Waals surface area contributed by atoms with E-state index in [1.54, 1.807) is 6.07 Å². The van der Waals surface area contributed by atoms with Crippen molar-refractivity contribution >= 4 is 22.7 Å². The van der Waals surface area contributed by atoms with E-state index >= 15 is 0 Å². The van der Waals surface area contributed by atoms with E-state index in [1.165, 1.54) is 17.7 Å². The number of benzene rings is 2. The molecule has 1 aromatic heterocycles. The van der Waals surface area contributed by atoms with Crippen LogP contribution in [0.4, 0.5) is 4.39 Å². The average Bonchev–Trinajstić information content (AvgIpc) is 2.84. The second-order valence-corrected chi connectivity index (χ2v) is 4.71. The van der Waals surface area contributed by atoms with E-state index < -0.39 is 5.82 Å². The quantitative estimate of drug-likeness (QED) is 0.668. The van der Waals surface area contributed by atoms with Crippen LogP contribution in [-0.4, -0.2) is 4.98 Å². The van der Waals surface area contributed by atoms with Crippen LogP contribution in [0.25, 0.3) is 22.6 Å². The molecule has 96 valence electrons. The van der Waals surface area contributed by atoms with Crippen molar-refractivity contribution in [2.45, 2.75) is 13.3 Å². The molecule has 0 bridgehead atoms. The number of oxazole rings is 1. The van der Waals surface area contributed by atoms with Crippen LogP contribution in [-0.2, 0) is 6.42 Å². The van der Waals surface area contributed by atoms with E-state index in [-0.39, 0.29) is 5.02 Å². The van der Waals surface area contributed by atoms with Crippen molar-refractivity contribution < 1.29 is 8.81 Å². The van der Waals surface area contributed by atoms with Crippen LogP contribution < -0.4 is 0 Å². The van der Waals surface area contributed by atoms with Gasteiger partial charge in [-0.05, 0) is 42.3 Å². The lowest BCUT2D eigenvalue weighted by Gasteiger charge is -1.97. The first-order valence-electron chi connectivity index (χ1n) is 6.02. The van der Waals surface area contributed by atoms with Gasteiger partial charge in [0.05, 0.1) is 5.02 Å². The highest BCUT2D eigenvalue weighted by Gasteiger charge is 2.10. The largest absolute Gasteiger partial charge is 0.436 e. The fourth-order valence-corrected chi connectivity index (χ4v) is 2.13. The van der Waals surface area contributed by atoms with Crippen LogP contribution >= 0.6 is 11.6 Å². The van der Waals surface area contributed by atoms with Crippen LogP contribution in [0.15, 0.2) is 40.8 Å². The molecule has 0 fully saturated rings. The summed E-state index contributed by atoms with van der Waals surface area (Å²) in [6.07, 6.45) is 0.945. The molecule has 0 radical (unpaired) electrons. The Hall–Kier alpha value is -1.87. The van der Waals surface area contributed by atoms with Crippen molar-refractivity contribution in [2.75, 3.05) is 0 Å². The number of aryl methyl sites for hydroxylation is 1. The molecule has 19 heavy (non-hydrogen) atoms. The molecule has 0 atom stereocenters. The van der Waals surface area contributed by atoms with Crippen molar-refractivity contribution in [3.05, 3.63) is 52.8 Å². The molecule has 0 aliphatic rings. The van der Waals surface area contributed by atoms with Gasteiger partial charge in [-0.1, -0.05) is 24.6 Å². The van der Waals surface area contributed by atoms with Gasteiger partial charge in [0.25, 0.3) is 0 Å². The number of aromatic nitrogens is 1. The summed E-state index contributed by atoms with van der Waals surface area (Å²) in [5.41, 5.74) is 3.38. The predicted octanol–water partition coefficient (Wildman–Crippen LogP) is 4.85. The summed E-state index contributed by atoms with van der Waals surface area (Å²) in [6.45, 7) is 2.09. The third-order valence-corrected chi connectivity index (χ3v) is 3.32. The molecule has 0 saturated carbocycles. The molecule has 0 saturated heterocycles. The number of halogens is 2. The van der Waals surface area contributed by atoms with E-state index in [4.69, 9.17) is 16.0 Å². The molecular weight excluding hydrogens is 265 g/mol. The van der Waals surface area contributed by atoms with Gasteiger partial charge in [0.15, 0.2) is 5.58 Å². The molecular formula is C15H11ClFNO. The van der Waals surface area contributed by atoms with Crippen LogP contribution in [0, 0.1) is 5.82 Å². The van der Waals surface area contributed by atoms with Gasteiger partial charge in [0, 0.05) is 5.56 Å².